The van der Waals surface area contributed by atoms with Crippen molar-refractivity contribution < 1.29 is 0 Å². The van der Waals surface area contributed by atoms with Crippen molar-refractivity contribution in [3.05, 3.63) is 171 Å². The van der Waals surface area contributed by atoms with E-state index >= 15 is 0 Å². The molecule has 3 nitrogen and oxygen atoms in total. The molecule has 4 aliphatic carbocycles. The molecule has 0 saturated heterocycles. The van der Waals surface area contributed by atoms with Gasteiger partial charge in [-0.1, -0.05) is 435 Å². The Morgan fingerprint density at radius 3 is 0.467 bits per heavy atom. The highest BCUT2D eigenvalue weighted by Crippen LogP contribution is 2.79. The molecular formula is C116H193N3Si. The molecule has 0 aliphatic heterocycles. The molecule has 1 aromatic heterocycles. The Morgan fingerprint density at radius 2 is 0.350 bits per heavy atom. The highest BCUT2D eigenvalue weighted by molar-refractivity contribution is 7.19. The summed E-state index contributed by atoms with van der Waals surface area (Å²) < 4.78 is 0. The van der Waals surface area contributed by atoms with Gasteiger partial charge in [-0.25, -0.2) is 15.0 Å². The van der Waals surface area contributed by atoms with Crippen molar-refractivity contribution in [3.8, 4) is 0 Å². The average Bonchev–Trinajstić information content (AvgIpc) is 0.678. The molecule has 0 amide bonds. The van der Waals surface area contributed by atoms with Gasteiger partial charge >= 0.3 is 0 Å². The van der Waals surface area contributed by atoms with Gasteiger partial charge in [-0.3, -0.25) is 0 Å². The van der Waals surface area contributed by atoms with Gasteiger partial charge in [0.15, 0.2) is 8.07 Å². The van der Waals surface area contributed by atoms with Crippen LogP contribution in [0.5, 0.6) is 0 Å². The van der Waals surface area contributed by atoms with Crippen molar-refractivity contribution in [2.75, 3.05) is 0 Å². The summed E-state index contributed by atoms with van der Waals surface area (Å²) in [6.45, 7) is 110. The quantitative estimate of drug-likeness (QED) is 0.0760. The first-order valence-electron chi connectivity index (χ1n) is 47.8. The predicted octanol–water partition coefficient (Wildman–Crippen LogP) is 32.0. The standard InChI is InChI=1S/C40H52Si.C30H56.C26H46.C18H33N3.C2H6/c1-37(2,3)29-13-21-33(22-14-29)41(34-23-15-30(16-24-34)38(4,5)6,35-25-17-31(18-26-35)39(7,8)9)36-27-19-32(20-28-36)40(10,11)12;1-23(2,3)13-27-17-28(14-24(4,5)6)20-29(18-27,15-25(7,8)9)22-30(19-27,21-28)16-26(10,11)12;1-23(2,3)15-19-13-21(17-25(7,8)9)22(18-26(10,11)12)14-20(19)16-24(4,5)6;1-16(2,3)10-13-19-14(11-17(4,5)6)21-15(20-13)12-18(7,8)9;1-2/h13-28H,1-12H3;13-22H2,1-12H3;13-14H,15-18H2,1-12H3;10-12H2,1-9H3;1-2H3. The highest BCUT2D eigenvalue weighted by atomic mass is 28.3. The zero-order valence-corrected chi connectivity index (χ0v) is 89.3. The van der Waals surface area contributed by atoms with Crippen molar-refractivity contribution in [1.82, 2.24) is 15.0 Å². The van der Waals surface area contributed by atoms with Crippen LogP contribution in [0.2, 0.25) is 0 Å². The van der Waals surface area contributed by atoms with Crippen LogP contribution < -0.4 is 20.7 Å². The van der Waals surface area contributed by atoms with Gasteiger partial charge in [-0.2, -0.15) is 0 Å². The molecule has 6 aromatic rings. The average molecular weight is 1660 g/mol. The summed E-state index contributed by atoms with van der Waals surface area (Å²) in [5.41, 5.74) is 18.1. The summed E-state index contributed by atoms with van der Waals surface area (Å²) in [4.78, 5) is 14.1. The minimum Gasteiger partial charge on any atom is -0.218 e. The Kier molecular flexibility index (Phi) is 32.9. The molecule has 0 spiro atoms. The molecule has 4 saturated carbocycles. The van der Waals surface area contributed by atoms with E-state index in [1.807, 2.05) is 13.8 Å². The van der Waals surface area contributed by atoms with Gasteiger partial charge in [-0.05, 0) is 258 Å². The minimum absolute atomic E-state index is 0.111. The fourth-order valence-corrected chi connectivity index (χ4v) is 27.2. The zero-order chi connectivity index (χ0) is 92.5. The molecule has 4 bridgehead atoms. The highest BCUT2D eigenvalue weighted by Gasteiger charge is 2.69. The molecule has 0 atom stereocenters. The van der Waals surface area contributed by atoms with Gasteiger partial charge in [0.2, 0.25) is 0 Å². The maximum absolute atomic E-state index is 4.71. The molecule has 676 valence electrons. The molecule has 4 fully saturated rings. The van der Waals surface area contributed by atoms with Crippen LogP contribution in [0, 0.1) is 81.2 Å². The Balaban J connectivity index is 0.000000291. The molecule has 4 aliphatic rings. The van der Waals surface area contributed by atoms with Gasteiger partial charge in [0, 0.05) is 19.3 Å². The van der Waals surface area contributed by atoms with E-state index in [0.717, 1.165) is 62.4 Å². The van der Waals surface area contributed by atoms with E-state index in [4.69, 9.17) is 15.0 Å². The number of benzene rings is 5. The minimum atomic E-state index is -2.63. The van der Waals surface area contributed by atoms with Crippen molar-refractivity contribution in [2.45, 2.75) is 456 Å². The topological polar surface area (TPSA) is 38.7 Å². The lowest BCUT2D eigenvalue weighted by molar-refractivity contribution is -0.232. The Hall–Kier alpha value is -4.67. The van der Waals surface area contributed by atoms with E-state index in [1.165, 1.54) is 107 Å². The molecule has 120 heavy (non-hydrogen) atoms. The number of aromatic nitrogens is 3. The predicted molar refractivity (Wildman–Crippen MR) is 538 cm³/mol. The largest absolute Gasteiger partial charge is 0.218 e. The molecule has 4 heteroatoms. The maximum atomic E-state index is 4.71. The van der Waals surface area contributed by atoms with Crippen LogP contribution in [0.25, 0.3) is 0 Å². The van der Waals surface area contributed by atoms with Gasteiger partial charge in [0.1, 0.15) is 17.5 Å². The molecule has 1 heterocycles. The Labute approximate surface area is 747 Å². The zero-order valence-electron chi connectivity index (χ0n) is 88.3. The number of nitrogens with zero attached hydrogens (tertiary/aromatic N) is 3. The van der Waals surface area contributed by atoms with E-state index in [2.05, 4.69) is 421 Å². The van der Waals surface area contributed by atoms with Crippen molar-refractivity contribution in [3.63, 3.8) is 0 Å². The van der Waals surface area contributed by atoms with Crippen LogP contribution in [0.1, 0.15) is 452 Å². The third-order valence-electron chi connectivity index (χ3n) is 24.1. The smallest absolute Gasteiger partial charge is 0.179 e. The maximum Gasteiger partial charge on any atom is 0.179 e. The monoisotopic (exact) mass is 1660 g/mol. The molecular weight excluding hydrogens is 1460 g/mol. The molecule has 0 unspecified atom stereocenters. The fourth-order valence-electron chi connectivity index (χ4n) is 22.6. The van der Waals surface area contributed by atoms with Gasteiger partial charge in [-0.15, -0.1) is 0 Å². The van der Waals surface area contributed by atoms with Crippen molar-refractivity contribution >= 4 is 28.8 Å². The number of hydrogen-bond donors (Lipinski definition) is 0. The lowest BCUT2D eigenvalue weighted by Gasteiger charge is -2.74. The van der Waals surface area contributed by atoms with Gasteiger partial charge in [0.25, 0.3) is 0 Å². The van der Waals surface area contributed by atoms with Crippen LogP contribution in [0.3, 0.4) is 0 Å². The summed E-state index contributed by atoms with van der Waals surface area (Å²) >= 11 is 0. The molecule has 0 radical (unpaired) electrons. The molecule has 5 aromatic carbocycles. The van der Waals surface area contributed by atoms with Crippen LogP contribution in [-0.4, -0.2) is 23.0 Å². The summed E-state index contributed by atoms with van der Waals surface area (Å²) in [5, 5.41) is 5.73. The molecule has 0 N–H and O–H groups in total. The summed E-state index contributed by atoms with van der Waals surface area (Å²) in [5.74, 6) is 2.82. The second-order valence-corrected chi connectivity index (χ2v) is 61.0. The first kappa shape index (κ1) is 106. The Morgan fingerprint density at radius 1 is 0.208 bits per heavy atom. The fraction of sp³-hybridized carbons (Fsp3) is 0.716. The first-order chi connectivity index (χ1) is 53.5. The van der Waals surface area contributed by atoms with E-state index in [9.17, 15) is 0 Å². The second-order valence-electron chi connectivity index (χ2n) is 57.2. The number of hydrogen-bond acceptors (Lipinski definition) is 3. The van der Waals surface area contributed by atoms with Gasteiger partial charge < -0.3 is 0 Å². The van der Waals surface area contributed by atoms with E-state index < -0.39 is 8.07 Å². The van der Waals surface area contributed by atoms with E-state index in [-0.39, 0.29) is 37.9 Å². The van der Waals surface area contributed by atoms with Gasteiger partial charge in [0.05, 0.1) is 0 Å². The van der Waals surface area contributed by atoms with Crippen molar-refractivity contribution in [1.29, 1.82) is 0 Å². The SMILES string of the molecule is CC.CC(C)(C)CC12CC3(CC(C)(C)C)CC(CC(C)(C)C)(C1)CC(CC(C)(C)C)(C2)C3.CC(C)(C)Cc1cc(CC(C)(C)C)c(CC(C)(C)C)cc1CC(C)(C)C.CC(C)(C)Cc1nc(CC(C)(C)C)nc(CC(C)(C)C)n1.CC(C)(C)c1ccc([Si](c2ccc(C(C)(C)C)cc2)(c2ccc(C(C)(C)C)cc2)c2ccc(C(C)(C)C)cc2)cc1. The lowest BCUT2D eigenvalue weighted by atomic mass is 9.31. The summed E-state index contributed by atoms with van der Waals surface area (Å²) in [6.07, 6.45) is 22.2. The van der Waals surface area contributed by atoms with Crippen LogP contribution in [0.4, 0.5) is 0 Å². The lowest BCUT2D eigenvalue weighted by Crippen LogP contribution is -2.74. The Bertz CT molecular complexity index is 3620. The van der Waals surface area contributed by atoms with E-state index in [1.54, 1.807) is 22.3 Å². The first-order valence-corrected chi connectivity index (χ1v) is 49.8. The third kappa shape index (κ3) is 33.6. The molecule has 10 rings (SSSR count). The van der Waals surface area contributed by atoms with Crippen molar-refractivity contribution in [2.24, 2.45) is 81.2 Å². The summed E-state index contributed by atoms with van der Waals surface area (Å²) in [6, 6.07) is 43.5. The van der Waals surface area contributed by atoms with E-state index in [0.29, 0.717) is 65.0 Å². The van der Waals surface area contributed by atoms with Crippen LogP contribution >= 0.6 is 0 Å². The third-order valence-corrected chi connectivity index (χ3v) is 28.9. The number of rotatable bonds is 15. The second kappa shape index (κ2) is 37.3. The van der Waals surface area contributed by atoms with Crippen LogP contribution in [0.15, 0.2) is 109 Å². The normalized spacial score (nSPS) is 19.9. The van der Waals surface area contributed by atoms with Crippen LogP contribution in [-0.2, 0) is 66.6 Å². The summed E-state index contributed by atoms with van der Waals surface area (Å²) in [7, 11) is -2.63.